The van der Waals surface area contributed by atoms with E-state index in [0.29, 0.717) is 86.8 Å². The molecule has 0 aliphatic rings. The summed E-state index contributed by atoms with van der Waals surface area (Å²) in [5.41, 5.74) is 8.21. The van der Waals surface area contributed by atoms with Crippen LogP contribution in [0.3, 0.4) is 0 Å². The van der Waals surface area contributed by atoms with Crippen molar-refractivity contribution >= 4 is 61.6 Å². The number of aromatic nitrogens is 5. The molecule has 0 saturated carbocycles. The fourth-order valence-corrected chi connectivity index (χ4v) is 8.43. The van der Waals surface area contributed by atoms with Crippen molar-refractivity contribution in [1.29, 1.82) is 0 Å². The maximum absolute atomic E-state index is 11.6. The third-order valence-corrected chi connectivity index (χ3v) is 11.8. The Morgan fingerprint density at radius 3 is 2.32 bits per heavy atom. The molecule has 0 saturated heterocycles. The summed E-state index contributed by atoms with van der Waals surface area (Å²) in [5, 5.41) is 27.2. The van der Waals surface area contributed by atoms with E-state index in [4.69, 9.17) is 35.3 Å². The van der Waals surface area contributed by atoms with Gasteiger partial charge in [-0.1, -0.05) is 53.2 Å². The lowest BCUT2D eigenvalue weighted by Crippen LogP contribution is -2.20. The van der Waals surface area contributed by atoms with E-state index >= 15 is 0 Å². The summed E-state index contributed by atoms with van der Waals surface area (Å²) in [5.74, 6) is -0.346. The van der Waals surface area contributed by atoms with Crippen LogP contribution in [0.15, 0.2) is 103 Å². The smallest absolute Gasteiger partial charge is 0.337 e. The Bertz CT molecular complexity index is 2710. The number of aromatic amines is 1. The molecule has 0 radical (unpaired) electrons. The van der Waals surface area contributed by atoms with Gasteiger partial charge in [0.2, 0.25) is 0 Å². The van der Waals surface area contributed by atoms with Crippen molar-refractivity contribution in [3.8, 4) is 27.3 Å². The van der Waals surface area contributed by atoms with Gasteiger partial charge in [0.05, 0.1) is 76.2 Å². The lowest BCUT2D eigenvalue weighted by molar-refractivity contribution is -0.00245. The van der Waals surface area contributed by atoms with E-state index in [0.717, 1.165) is 30.8 Å². The molecule has 13 nitrogen and oxygen atoms in total. The highest BCUT2D eigenvalue weighted by Crippen LogP contribution is 2.36. The molecule has 0 fully saturated rings. The van der Waals surface area contributed by atoms with Gasteiger partial charge in [-0.3, -0.25) is 0 Å². The van der Waals surface area contributed by atoms with E-state index in [2.05, 4.69) is 86.0 Å². The Kier molecular flexibility index (Phi) is 14.6. The standard InChI is InChI=1S/C47H49ClN6O7S/c1-2-54-44-12-5-32(24-40(44)37-11-8-34(25-45(37)54)46-4-3-23-62-46)28-49-13-15-57-17-19-59-21-22-60-20-18-58-16-14-53-30-35(51-52-53)31-61-36-9-6-33(7-10-36)38-26-39-41(47(55)56)29-50-43(39)27-42(38)48/h3-12,23-27,29-30,49-50H,2,13-22,28,31H2,1H3,(H,55,56). The number of nitrogens with zero attached hydrogens (tertiary/aromatic N) is 4. The number of rotatable bonds is 24. The van der Waals surface area contributed by atoms with Gasteiger partial charge in [-0.05, 0) is 77.5 Å². The van der Waals surface area contributed by atoms with Gasteiger partial charge in [0.1, 0.15) is 18.1 Å². The molecule has 4 aromatic carbocycles. The molecule has 0 spiro atoms. The SMILES string of the molecule is CCn1c2ccc(CNCCOCCOCCOCCOCCn3cc(COc4ccc(-c5cc6c(C(=O)O)c[nH]c6cc5Cl)cc4)nn3)cc2c2ccc(-c3cccs3)cc21. The molecule has 15 heteroatoms. The van der Waals surface area contributed by atoms with Crippen LogP contribution in [0, 0.1) is 0 Å². The molecule has 0 aliphatic heterocycles. The molecule has 4 aromatic heterocycles. The number of aromatic carboxylic acids is 1. The molecule has 8 rings (SSSR count). The topological polar surface area (TPSA) is 147 Å². The fourth-order valence-electron chi connectivity index (χ4n) is 7.43. The summed E-state index contributed by atoms with van der Waals surface area (Å²) in [4.78, 5) is 15.8. The summed E-state index contributed by atoms with van der Waals surface area (Å²) in [6.45, 7) is 9.54. The molecule has 3 N–H and O–H groups in total. The van der Waals surface area contributed by atoms with E-state index < -0.39 is 5.97 Å². The summed E-state index contributed by atoms with van der Waals surface area (Å²) in [7, 11) is 0. The monoisotopic (exact) mass is 876 g/mol. The molecule has 0 bridgehead atoms. The van der Waals surface area contributed by atoms with E-state index in [1.165, 1.54) is 44.0 Å². The summed E-state index contributed by atoms with van der Waals surface area (Å²) >= 11 is 8.29. The Hall–Kier alpha value is -5.58. The minimum Gasteiger partial charge on any atom is -0.487 e. The predicted octanol–water partition coefficient (Wildman–Crippen LogP) is 9.07. The number of H-pyrrole nitrogens is 1. The number of nitrogens with one attached hydrogen (secondary N) is 2. The second kappa shape index (κ2) is 21.0. The van der Waals surface area contributed by atoms with Gasteiger partial charge in [0.25, 0.3) is 0 Å². The normalized spacial score (nSPS) is 11.7. The van der Waals surface area contributed by atoms with Crippen molar-refractivity contribution in [2.75, 3.05) is 59.4 Å². The number of ether oxygens (including phenoxy) is 5. The summed E-state index contributed by atoms with van der Waals surface area (Å²) in [6, 6.07) is 28.8. The number of aryl methyl sites for hydroxylation is 1. The van der Waals surface area contributed by atoms with Crippen LogP contribution in [-0.4, -0.2) is 95.0 Å². The van der Waals surface area contributed by atoms with Gasteiger partial charge in [0, 0.05) is 69.0 Å². The van der Waals surface area contributed by atoms with Crippen molar-refractivity contribution in [1.82, 2.24) is 29.9 Å². The first-order valence-corrected chi connectivity index (χ1v) is 22.0. The van der Waals surface area contributed by atoms with Crippen molar-refractivity contribution in [2.24, 2.45) is 0 Å². The zero-order valence-corrected chi connectivity index (χ0v) is 36.1. The highest BCUT2D eigenvalue weighted by molar-refractivity contribution is 7.13. The molecule has 0 aliphatic carbocycles. The number of thiophene rings is 1. The average Bonchev–Trinajstić information content (AvgIpc) is 4.12. The van der Waals surface area contributed by atoms with E-state index in [1.807, 2.05) is 30.5 Å². The van der Waals surface area contributed by atoms with Crippen LogP contribution in [0.2, 0.25) is 5.02 Å². The first-order valence-electron chi connectivity index (χ1n) is 20.7. The molecule has 8 aromatic rings. The number of carboxylic acid groups (broad SMARTS) is 1. The van der Waals surface area contributed by atoms with Crippen LogP contribution in [0.25, 0.3) is 54.3 Å². The van der Waals surface area contributed by atoms with Gasteiger partial charge in [-0.2, -0.15) is 0 Å². The lowest BCUT2D eigenvalue weighted by atomic mass is 10.0. The average molecular weight is 877 g/mol. The highest BCUT2D eigenvalue weighted by atomic mass is 35.5. The van der Waals surface area contributed by atoms with Crippen molar-refractivity contribution in [3.05, 3.63) is 125 Å². The maximum atomic E-state index is 11.6. The summed E-state index contributed by atoms with van der Waals surface area (Å²) < 4.78 is 32.8. The van der Waals surface area contributed by atoms with Crippen molar-refractivity contribution in [3.63, 3.8) is 0 Å². The Balaban J connectivity index is 0.637. The van der Waals surface area contributed by atoms with Crippen LogP contribution in [0.4, 0.5) is 0 Å². The zero-order valence-electron chi connectivity index (χ0n) is 34.5. The minimum absolute atomic E-state index is 0.198. The third-order valence-electron chi connectivity index (χ3n) is 10.5. The Morgan fingerprint density at radius 1 is 0.823 bits per heavy atom. The molecular weight excluding hydrogens is 828 g/mol. The number of halogens is 1. The second-order valence-electron chi connectivity index (χ2n) is 14.6. The number of hydrogen-bond acceptors (Lipinski definition) is 10. The zero-order chi connectivity index (χ0) is 42.7. The maximum Gasteiger partial charge on any atom is 0.337 e. The van der Waals surface area contributed by atoms with Crippen LogP contribution in [0.1, 0.15) is 28.5 Å². The van der Waals surface area contributed by atoms with Gasteiger partial charge >= 0.3 is 5.97 Å². The highest BCUT2D eigenvalue weighted by Gasteiger charge is 2.15. The first-order chi connectivity index (χ1) is 30.4. The number of carboxylic acids is 1. The number of hydrogen-bond donors (Lipinski definition) is 3. The molecule has 0 atom stereocenters. The molecule has 322 valence electrons. The predicted molar refractivity (Wildman–Crippen MR) is 243 cm³/mol. The van der Waals surface area contributed by atoms with Crippen molar-refractivity contribution in [2.45, 2.75) is 33.2 Å². The van der Waals surface area contributed by atoms with E-state index in [-0.39, 0.29) is 12.2 Å². The van der Waals surface area contributed by atoms with Crippen LogP contribution >= 0.6 is 22.9 Å². The second-order valence-corrected chi connectivity index (χ2v) is 16.0. The van der Waals surface area contributed by atoms with E-state index in [1.54, 1.807) is 28.2 Å². The van der Waals surface area contributed by atoms with E-state index in [9.17, 15) is 9.90 Å². The molecule has 62 heavy (non-hydrogen) atoms. The van der Waals surface area contributed by atoms with Crippen LogP contribution < -0.4 is 10.1 Å². The summed E-state index contributed by atoms with van der Waals surface area (Å²) in [6.07, 6.45) is 3.30. The number of fused-ring (bicyclic) bond motifs is 4. The van der Waals surface area contributed by atoms with Crippen LogP contribution in [0.5, 0.6) is 5.75 Å². The van der Waals surface area contributed by atoms with Gasteiger partial charge in [-0.15, -0.1) is 16.4 Å². The molecule has 0 amide bonds. The largest absolute Gasteiger partial charge is 0.487 e. The number of carbonyl (C=O) groups is 1. The van der Waals surface area contributed by atoms with Crippen molar-refractivity contribution < 1.29 is 33.6 Å². The lowest BCUT2D eigenvalue weighted by Gasteiger charge is -2.09. The number of benzene rings is 4. The molecule has 0 unspecified atom stereocenters. The minimum atomic E-state index is -0.999. The van der Waals surface area contributed by atoms with Gasteiger partial charge < -0.3 is 43.7 Å². The van der Waals surface area contributed by atoms with Crippen LogP contribution in [-0.2, 0) is 45.2 Å². The van der Waals surface area contributed by atoms with Gasteiger partial charge in [-0.25, -0.2) is 9.48 Å². The Labute approximate surface area is 368 Å². The van der Waals surface area contributed by atoms with Gasteiger partial charge in [0.15, 0.2) is 0 Å². The molecule has 4 heterocycles. The Morgan fingerprint density at radius 2 is 1.58 bits per heavy atom. The fraction of sp³-hybridized carbons (Fsp3) is 0.298. The quantitative estimate of drug-likeness (QED) is 0.0503. The first kappa shape index (κ1) is 43.1. The molecular formula is C47H49ClN6O7S. The third kappa shape index (κ3) is 10.5.